The lowest BCUT2D eigenvalue weighted by atomic mass is 9.84. The van der Waals surface area contributed by atoms with Crippen LogP contribution in [-0.2, 0) is 16.6 Å². The van der Waals surface area contributed by atoms with Gasteiger partial charge in [-0.05, 0) is 49.9 Å². The van der Waals surface area contributed by atoms with Crippen LogP contribution in [0.4, 0.5) is 5.95 Å². The van der Waals surface area contributed by atoms with Crippen LogP contribution < -0.4 is 16.4 Å². The maximum absolute atomic E-state index is 12.2. The van der Waals surface area contributed by atoms with Gasteiger partial charge in [0.1, 0.15) is 0 Å². The van der Waals surface area contributed by atoms with Crippen LogP contribution in [0.3, 0.4) is 0 Å². The molecule has 1 aromatic carbocycles. The number of nitriles is 1. The monoisotopic (exact) mass is 436 g/mol. The summed E-state index contributed by atoms with van der Waals surface area (Å²) in [5.74, 6) is -0.659. The lowest BCUT2D eigenvalue weighted by molar-refractivity contribution is 0.0600. The van der Waals surface area contributed by atoms with Crippen molar-refractivity contribution < 1.29 is 14.3 Å². The third kappa shape index (κ3) is 5.03. The minimum Gasteiger partial charge on any atom is -0.465 e. The molecule has 4 N–H and O–H groups in total. The van der Waals surface area contributed by atoms with Gasteiger partial charge in [-0.1, -0.05) is 6.07 Å². The number of primary amides is 1. The normalized spacial score (nSPS) is 16.3. The Morgan fingerprint density at radius 1 is 1.34 bits per heavy atom. The Bertz CT molecular complexity index is 1080. The zero-order valence-electron chi connectivity index (χ0n) is 18.6. The summed E-state index contributed by atoms with van der Waals surface area (Å²) in [5.41, 5.74) is 13.2. The van der Waals surface area contributed by atoms with Gasteiger partial charge < -0.3 is 21.1 Å². The smallest absolute Gasteiger partial charge is 0.337 e. The number of anilines is 1. The molecule has 0 radical (unpaired) electrons. The maximum Gasteiger partial charge on any atom is 0.337 e. The summed E-state index contributed by atoms with van der Waals surface area (Å²) in [6.07, 6.45) is 3.54. The van der Waals surface area contributed by atoms with Crippen LogP contribution >= 0.6 is 0 Å². The van der Waals surface area contributed by atoms with E-state index in [1.165, 1.54) is 13.3 Å². The number of amides is 1. The van der Waals surface area contributed by atoms with E-state index >= 15 is 0 Å². The summed E-state index contributed by atoms with van der Waals surface area (Å²) in [6, 6.07) is 7.44. The largest absolute Gasteiger partial charge is 0.465 e. The third-order valence-corrected chi connectivity index (χ3v) is 5.65. The minimum atomic E-state index is -0.827. The zero-order valence-corrected chi connectivity index (χ0v) is 18.6. The van der Waals surface area contributed by atoms with Gasteiger partial charge in [0.15, 0.2) is 0 Å². The van der Waals surface area contributed by atoms with Gasteiger partial charge in [0.25, 0.3) is 5.91 Å². The van der Waals surface area contributed by atoms with E-state index in [0.717, 1.165) is 19.4 Å². The van der Waals surface area contributed by atoms with Crippen LogP contribution in [0.25, 0.3) is 0 Å². The standard InChI is InChI=1S/C23H28N6O3/c1-23(2,13-24)16-8-14(7-15(10-16)21(31)32-3)9-19-18(20(26)30)11-27-22(28-19)29-6-4-5-17(25)12-29/h7-8,10-11,17H,4-6,9,12,25H2,1-3H3,(H2,26,30)/t17-/m0/s1. The molecule has 32 heavy (non-hydrogen) atoms. The highest BCUT2D eigenvalue weighted by Gasteiger charge is 2.24. The minimum absolute atomic E-state index is 0.0409. The van der Waals surface area contributed by atoms with E-state index in [1.807, 2.05) is 11.0 Å². The Morgan fingerprint density at radius 3 is 2.72 bits per heavy atom. The number of carbonyl (C=O) groups is 2. The molecule has 0 saturated carbocycles. The molecule has 1 aromatic heterocycles. The summed E-state index contributed by atoms with van der Waals surface area (Å²) in [4.78, 5) is 35.2. The quantitative estimate of drug-likeness (QED) is 0.650. The second kappa shape index (κ2) is 9.32. The molecule has 168 valence electrons. The van der Waals surface area contributed by atoms with Crippen LogP contribution in [0.15, 0.2) is 24.4 Å². The van der Waals surface area contributed by atoms with E-state index in [0.29, 0.717) is 34.9 Å². The highest BCUT2D eigenvalue weighted by molar-refractivity contribution is 5.94. The first-order valence-corrected chi connectivity index (χ1v) is 10.4. The second-order valence-corrected chi connectivity index (χ2v) is 8.57. The number of benzene rings is 1. The maximum atomic E-state index is 12.2. The number of ether oxygens (including phenoxy) is 1. The molecule has 9 nitrogen and oxygen atoms in total. The average Bonchev–Trinajstić information content (AvgIpc) is 2.78. The lowest BCUT2D eigenvalue weighted by Gasteiger charge is -2.31. The molecule has 2 aromatic rings. The molecule has 2 heterocycles. The molecule has 3 rings (SSSR count). The van der Waals surface area contributed by atoms with Crippen molar-refractivity contribution in [3.8, 4) is 6.07 Å². The molecular weight excluding hydrogens is 408 g/mol. The molecule has 1 aliphatic heterocycles. The van der Waals surface area contributed by atoms with E-state index in [1.54, 1.807) is 26.0 Å². The summed E-state index contributed by atoms with van der Waals surface area (Å²) >= 11 is 0. The highest BCUT2D eigenvalue weighted by atomic mass is 16.5. The molecule has 1 fully saturated rings. The number of aromatic nitrogens is 2. The fourth-order valence-corrected chi connectivity index (χ4v) is 3.74. The highest BCUT2D eigenvalue weighted by Crippen LogP contribution is 2.27. The fraction of sp³-hybridized carbons (Fsp3) is 0.435. The van der Waals surface area contributed by atoms with Crippen LogP contribution in [0.5, 0.6) is 0 Å². The van der Waals surface area contributed by atoms with Gasteiger partial charge in [0.2, 0.25) is 5.95 Å². The number of methoxy groups -OCH3 is 1. The van der Waals surface area contributed by atoms with Gasteiger partial charge in [-0.15, -0.1) is 0 Å². The summed E-state index contributed by atoms with van der Waals surface area (Å²) in [5, 5.41) is 9.57. The van der Waals surface area contributed by atoms with E-state index < -0.39 is 17.3 Å². The SMILES string of the molecule is COC(=O)c1cc(Cc2nc(N3CCC[C@H](N)C3)ncc2C(N)=O)cc(C(C)(C)C#N)c1. The Balaban J connectivity index is 2.05. The van der Waals surface area contributed by atoms with Crippen molar-refractivity contribution in [2.75, 3.05) is 25.1 Å². The molecule has 1 atom stereocenters. The first kappa shape index (κ1) is 23.2. The zero-order chi connectivity index (χ0) is 23.5. The van der Waals surface area contributed by atoms with Crippen molar-refractivity contribution in [2.24, 2.45) is 11.5 Å². The predicted molar refractivity (Wildman–Crippen MR) is 119 cm³/mol. The Labute approximate surface area is 187 Å². The van der Waals surface area contributed by atoms with Gasteiger partial charge >= 0.3 is 5.97 Å². The van der Waals surface area contributed by atoms with E-state index in [-0.39, 0.29) is 18.0 Å². The number of nitrogens with zero attached hydrogens (tertiary/aromatic N) is 4. The molecule has 0 bridgehead atoms. The number of hydrogen-bond acceptors (Lipinski definition) is 8. The van der Waals surface area contributed by atoms with E-state index in [4.69, 9.17) is 16.2 Å². The Kier molecular flexibility index (Phi) is 6.75. The van der Waals surface area contributed by atoms with Crippen molar-refractivity contribution in [1.82, 2.24) is 9.97 Å². The third-order valence-electron chi connectivity index (χ3n) is 5.65. The first-order valence-electron chi connectivity index (χ1n) is 10.4. The summed E-state index contributed by atoms with van der Waals surface area (Å²) in [7, 11) is 1.30. The topological polar surface area (TPSA) is 148 Å². The van der Waals surface area contributed by atoms with Crippen molar-refractivity contribution in [3.05, 3.63) is 52.3 Å². The van der Waals surface area contributed by atoms with Crippen molar-refractivity contribution in [1.29, 1.82) is 5.26 Å². The van der Waals surface area contributed by atoms with Crippen molar-refractivity contribution in [2.45, 2.75) is 44.6 Å². The number of nitrogens with two attached hydrogens (primary N) is 2. The van der Waals surface area contributed by atoms with Crippen LogP contribution in [0.1, 0.15) is 64.2 Å². The Morgan fingerprint density at radius 2 is 2.09 bits per heavy atom. The number of hydrogen-bond donors (Lipinski definition) is 2. The predicted octanol–water partition coefficient (Wildman–Crippen LogP) is 1.68. The average molecular weight is 437 g/mol. The molecule has 9 heteroatoms. The second-order valence-electron chi connectivity index (χ2n) is 8.57. The lowest BCUT2D eigenvalue weighted by Crippen LogP contribution is -2.43. The van der Waals surface area contributed by atoms with Gasteiger partial charge in [-0.3, -0.25) is 4.79 Å². The van der Waals surface area contributed by atoms with Crippen LogP contribution in [0, 0.1) is 11.3 Å². The molecule has 0 spiro atoms. The number of carbonyl (C=O) groups excluding carboxylic acids is 2. The fourth-order valence-electron chi connectivity index (χ4n) is 3.74. The number of piperidine rings is 1. The van der Waals surface area contributed by atoms with Gasteiger partial charge in [0, 0.05) is 31.7 Å². The molecular formula is C23H28N6O3. The van der Waals surface area contributed by atoms with Gasteiger partial charge in [0.05, 0.1) is 35.4 Å². The molecule has 1 amide bonds. The number of esters is 1. The van der Waals surface area contributed by atoms with E-state index in [2.05, 4.69) is 16.0 Å². The molecule has 1 saturated heterocycles. The van der Waals surface area contributed by atoms with Gasteiger partial charge in [-0.2, -0.15) is 5.26 Å². The molecule has 1 aliphatic rings. The summed E-state index contributed by atoms with van der Waals surface area (Å²) < 4.78 is 4.87. The van der Waals surface area contributed by atoms with Gasteiger partial charge in [-0.25, -0.2) is 14.8 Å². The van der Waals surface area contributed by atoms with E-state index in [9.17, 15) is 14.9 Å². The molecule has 0 aliphatic carbocycles. The number of rotatable bonds is 6. The molecule has 0 unspecified atom stereocenters. The summed E-state index contributed by atoms with van der Waals surface area (Å²) in [6.45, 7) is 4.95. The van der Waals surface area contributed by atoms with Crippen molar-refractivity contribution in [3.63, 3.8) is 0 Å². The Hall–Kier alpha value is -3.51. The van der Waals surface area contributed by atoms with Crippen molar-refractivity contribution >= 4 is 17.8 Å². The van der Waals surface area contributed by atoms with Crippen LogP contribution in [-0.4, -0.2) is 48.1 Å². The van der Waals surface area contributed by atoms with Crippen LogP contribution in [0.2, 0.25) is 0 Å². The first-order chi connectivity index (χ1) is 15.1.